The van der Waals surface area contributed by atoms with E-state index in [1.54, 1.807) is 13.8 Å². The number of alkyl halides is 3. The molecule has 0 amide bonds. The Kier molecular flexibility index (Phi) is 10.4. The van der Waals surface area contributed by atoms with Crippen LogP contribution in [-0.4, -0.2) is 33.9 Å². The van der Waals surface area contributed by atoms with Crippen LogP contribution < -0.4 is 4.74 Å². The van der Waals surface area contributed by atoms with Gasteiger partial charge in [-0.3, -0.25) is 4.79 Å². The van der Waals surface area contributed by atoms with Crippen LogP contribution in [0.1, 0.15) is 57.6 Å². The quantitative estimate of drug-likeness (QED) is 0.132. The molecule has 0 spiro atoms. The molecular formula is C31H35F4NO5. The highest BCUT2D eigenvalue weighted by atomic mass is 19.4. The number of fused-ring (bicyclic) bond motifs is 1. The van der Waals surface area contributed by atoms with E-state index in [1.807, 2.05) is 13.0 Å². The summed E-state index contributed by atoms with van der Waals surface area (Å²) >= 11 is 0. The molecule has 2 saturated carbocycles. The average Bonchev–Trinajstić information content (AvgIpc) is 3.56. The van der Waals surface area contributed by atoms with Gasteiger partial charge in [-0.15, -0.1) is 0 Å². The van der Waals surface area contributed by atoms with Crippen molar-refractivity contribution in [1.29, 1.82) is 0 Å². The van der Waals surface area contributed by atoms with E-state index in [0.29, 0.717) is 30.4 Å². The summed E-state index contributed by atoms with van der Waals surface area (Å²) in [6.45, 7) is 8.91. The zero-order valence-corrected chi connectivity index (χ0v) is 23.3. The van der Waals surface area contributed by atoms with E-state index in [2.05, 4.69) is 17.6 Å². The first-order valence-corrected chi connectivity index (χ1v) is 13.2. The molecule has 222 valence electrons. The fourth-order valence-electron chi connectivity index (χ4n) is 4.95. The van der Waals surface area contributed by atoms with Gasteiger partial charge in [-0.25, -0.2) is 9.37 Å². The average molecular weight is 578 g/mol. The first-order chi connectivity index (χ1) is 19.3. The Hall–Kier alpha value is -3.66. The standard InChI is InChI=1S/C30H33F4NO3.CH2O2/c1-5-23-20(13-21-14-24(21)23)11-18(2)38-17-22-12-19(7-8-27(22)31)25-16-35-28(15-26(25)30(32,33)34)37-10-6-9-29(3,4)36;2-1-3/h5,7-8,11-12,15-16,21,24,36H,2,6,9-10,13-14,17H2,1,3-4H3;1H,(H,2,3)/b20-11-,23-5+;. The zero-order valence-electron chi connectivity index (χ0n) is 23.3. The maximum Gasteiger partial charge on any atom is 0.417 e. The number of nitrogens with zero attached hydrogens (tertiary/aromatic N) is 1. The lowest BCUT2D eigenvalue weighted by molar-refractivity contribution is -0.137. The van der Waals surface area contributed by atoms with Crippen LogP contribution in [0.15, 0.2) is 66.1 Å². The predicted molar refractivity (Wildman–Crippen MR) is 146 cm³/mol. The van der Waals surface area contributed by atoms with Gasteiger partial charge >= 0.3 is 6.18 Å². The van der Waals surface area contributed by atoms with Gasteiger partial charge in [0, 0.05) is 23.4 Å². The van der Waals surface area contributed by atoms with E-state index in [-0.39, 0.29) is 42.3 Å². The Morgan fingerprint density at radius 1 is 1.24 bits per heavy atom. The second-order valence-corrected chi connectivity index (χ2v) is 10.7. The number of hydrogen-bond acceptors (Lipinski definition) is 5. The number of allylic oxidation sites excluding steroid dienone is 4. The Labute approximate surface area is 237 Å². The van der Waals surface area contributed by atoms with E-state index in [0.717, 1.165) is 24.8 Å². The minimum atomic E-state index is -4.68. The van der Waals surface area contributed by atoms with Crippen molar-refractivity contribution in [2.24, 2.45) is 11.8 Å². The van der Waals surface area contributed by atoms with Gasteiger partial charge in [0.1, 0.15) is 18.2 Å². The molecule has 2 unspecified atom stereocenters. The van der Waals surface area contributed by atoms with Gasteiger partial charge in [0.05, 0.1) is 17.8 Å². The molecule has 0 radical (unpaired) electrons. The number of ether oxygens (including phenoxy) is 2. The number of rotatable bonds is 10. The van der Waals surface area contributed by atoms with Crippen LogP contribution in [-0.2, 0) is 22.3 Å². The van der Waals surface area contributed by atoms with Gasteiger partial charge in [-0.05, 0) is 93.2 Å². The fraction of sp³-hybridized carbons (Fsp3) is 0.419. The third kappa shape index (κ3) is 8.91. The second kappa shape index (κ2) is 13.3. The highest BCUT2D eigenvalue weighted by Gasteiger charge is 2.46. The van der Waals surface area contributed by atoms with Crippen LogP contribution in [0.2, 0.25) is 0 Å². The maximum atomic E-state index is 14.6. The molecule has 1 aromatic heterocycles. The molecule has 6 nitrogen and oxygen atoms in total. The summed E-state index contributed by atoms with van der Waals surface area (Å²) in [5.74, 6) is 0.939. The predicted octanol–water partition coefficient (Wildman–Crippen LogP) is 7.48. The van der Waals surface area contributed by atoms with Crippen molar-refractivity contribution in [3.05, 3.63) is 83.0 Å². The van der Waals surface area contributed by atoms with Crippen LogP contribution in [0.4, 0.5) is 17.6 Å². The molecule has 2 N–H and O–H groups in total. The van der Waals surface area contributed by atoms with Crippen LogP contribution in [0.3, 0.4) is 0 Å². The number of aliphatic hydroxyl groups is 1. The van der Waals surface area contributed by atoms with E-state index >= 15 is 0 Å². The first kappa shape index (κ1) is 31.9. The number of hydrogen-bond donors (Lipinski definition) is 2. The minimum absolute atomic E-state index is 0.114. The Balaban J connectivity index is 0.00000147. The first-order valence-electron chi connectivity index (χ1n) is 13.2. The molecular weight excluding hydrogens is 542 g/mol. The fourth-order valence-corrected chi connectivity index (χ4v) is 4.95. The summed E-state index contributed by atoms with van der Waals surface area (Å²) in [6.07, 6.45) is 3.46. The summed E-state index contributed by atoms with van der Waals surface area (Å²) in [6, 6.07) is 4.60. The summed E-state index contributed by atoms with van der Waals surface area (Å²) in [7, 11) is 0. The van der Waals surface area contributed by atoms with Crippen LogP contribution in [0.5, 0.6) is 5.88 Å². The van der Waals surface area contributed by atoms with Crippen LogP contribution in [0.25, 0.3) is 11.1 Å². The SMILES string of the molecule is C=C(/C=C1/CC2CC2/C1=C/C)OCc1cc(-c2cnc(OCCCC(C)(C)O)cc2C(F)(F)F)ccc1F.O=CO. The molecule has 2 aromatic rings. The summed E-state index contributed by atoms with van der Waals surface area (Å²) in [5.41, 5.74) is 0.748. The van der Waals surface area contributed by atoms with Crippen molar-refractivity contribution in [1.82, 2.24) is 4.98 Å². The van der Waals surface area contributed by atoms with E-state index in [4.69, 9.17) is 19.4 Å². The molecule has 2 aliphatic rings. The van der Waals surface area contributed by atoms with E-state index < -0.39 is 23.2 Å². The van der Waals surface area contributed by atoms with Gasteiger partial charge in [-0.1, -0.05) is 18.7 Å². The smallest absolute Gasteiger partial charge is 0.417 e. The monoisotopic (exact) mass is 577 g/mol. The third-order valence-electron chi connectivity index (χ3n) is 6.96. The molecule has 4 rings (SSSR count). The van der Waals surface area contributed by atoms with E-state index in [9.17, 15) is 22.7 Å². The van der Waals surface area contributed by atoms with Gasteiger partial charge in [0.15, 0.2) is 0 Å². The van der Waals surface area contributed by atoms with Crippen molar-refractivity contribution in [3.8, 4) is 17.0 Å². The number of halogens is 4. The molecule has 0 aliphatic heterocycles. The van der Waals surface area contributed by atoms with Crippen molar-refractivity contribution in [2.45, 2.75) is 64.8 Å². The summed E-state index contributed by atoms with van der Waals surface area (Å²) < 4.78 is 67.5. The Morgan fingerprint density at radius 2 is 1.95 bits per heavy atom. The Morgan fingerprint density at radius 3 is 2.59 bits per heavy atom. The lowest BCUT2D eigenvalue weighted by atomic mass is 9.99. The van der Waals surface area contributed by atoms with Gasteiger partial charge in [0.2, 0.25) is 5.88 Å². The van der Waals surface area contributed by atoms with Crippen molar-refractivity contribution >= 4 is 6.47 Å². The number of benzene rings is 1. The summed E-state index contributed by atoms with van der Waals surface area (Å²) in [4.78, 5) is 12.4. The Bertz CT molecular complexity index is 1310. The molecule has 41 heavy (non-hydrogen) atoms. The zero-order chi connectivity index (χ0) is 30.4. The van der Waals surface area contributed by atoms with E-state index in [1.165, 1.54) is 29.7 Å². The highest BCUT2D eigenvalue weighted by Crippen LogP contribution is 2.57. The molecule has 1 heterocycles. The second-order valence-electron chi connectivity index (χ2n) is 10.7. The number of pyridine rings is 1. The lowest BCUT2D eigenvalue weighted by Gasteiger charge is -2.17. The van der Waals surface area contributed by atoms with Gasteiger partial charge in [0.25, 0.3) is 6.47 Å². The number of carboxylic acid groups (broad SMARTS) is 1. The molecule has 10 heteroatoms. The largest absolute Gasteiger partial charge is 0.489 e. The highest BCUT2D eigenvalue weighted by molar-refractivity contribution is 5.68. The minimum Gasteiger partial charge on any atom is -0.489 e. The lowest BCUT2D eigenvalue weighted by Crippen LogP contribution is -2.19. The van der Waals surface area contributed by atoms with Crippen LogP contribution >= 0.6 is 0 Å². The molecule has 2 atom stereocenters. The number of carbonyl (C=O) groups is 1. The topological polar surface area (TPSA) is 88.9 Å². The van der Waals surface area contributed by atoms with Crippen molar-refractivity contribution < 1.29 is 42.0 Å². The van der Waals surface area contributed by atoms with Gasteiger partial charge in [-0.2, -0.15) is 13.2 Å². The van der Waals surface area contributed by atoms with Gasteiger partial charge < -0.3 is 19.7 Å². The molecule has 2 aliphatic carbocycles. The maximum absolute atomic E-state index is 14.6. The molecule has 1 aromatic carbocycles. The normalized spacial score (nSPS) is 19.8. The van der Waals surface area contributed by atoms with Crippen molar-refractivity contribution in [3.63, 3.8) is 0 Å². The van der Waals surface area contributed by atoms with Crippen molar-refractivity contribution in [2.75, 3.05) is 6.61 Å². The van der Waals surface area contributed by atoms with Crippen LogP contribution in [0, 0.1) is 17.7 Å². The molecule has 0 saturated heterocycles. The molecule has 2 fully saturated rings. The number of aromatic nitrogens is 1. The molecule has 0 bridgehead atoms. The summed E-state index contributed by atoms with van der Waals surface area (Å²) in [5, 5.41) is 16.7. The third-order valence-corrected chi connectivity index (χ3v) is 6.96.